The molecule has 1 N–H and O–H groups in total. The summed E-state index contributed by atoms with van der Waals surface area (Å²) in [4.78, 5) is 6.74. The SMILES string of the molecule is OCC1CCCN1c1nccc2ccccc12. The van der Waals surface area contributed by atoms with E-state index in [1.54, 1.807) is 0 Å². The van der Waals surface area contributed by atoms with Crippen molar-refractivity contribution in [3.05, 3.63) is 36.5 Å². The maximum Gasteiger partial charge on any atom is 0.136 e. The Hall–Kier alpha value is -1.61. The molecule has 0 bridgehead atoms. The Balaban J connectivity index is 2.10. The summed E-state index contributed by atoms with van der Waals surface area (Å²) in [5.41, 5.74) is 0. The number of fused-ring (bicyclic) bond motifs is 1. The van der Waals surface area contributed by atoms with E-state index >= 15 is 0 Å². The first-order valence-corrected chi connectivity index (χ1v) is 6.11. The van der Waals surface area contributed by atoms with Gasteiger partial charge in [-0.15, -0.1) is 0 Å². The van der Waals surface area contributed by atoms with Crippen molar-refractivity contribution in [2.45, 2.75) is 18.9 Å². The second-order valence-corrected chi connectivity index (χ2v) is 4.53. The molecule has 1 atom stereocenters. The van der Waals surface area contributed by atoms with Crippen LogP contribution in [-0.4, -0.2) is 29.3 Å². The molecule has 1 aliphatic rings. The number of nitrogens with zero attached hydrogens (tertiary/aromatic N) is 2. The summed E-state index contributed by atoms with van der Waals surface area (Å²) in [6.07, 6.45) is 4.04. The Labute approximate surface area is 101 Å². The highest BCUT2D eigenvalue weighted by molar-refractivity contribution is 5.92. The van der Waals surface area contributed by atoms with Crippen molar-refractivity contribution >= 4 is 16.6 Å². The third kappa shape index (κ3) is 1.76. The average Bonchev–Trinajstić information content (AvgIpc) is 2.86. The molecule has 1 aromatic carbocycles. The molecule has 0 aliphatic carbocycles. The second-order valence-electron chi connectivity index (χ2n) is 4.53. The van der Waals surface area contributed by atoms with Crippen molar-refractivity contribution in [2.75, 3.05) is 18.1 Å². The van der Waals surface area contributed by atoms with E-state index in [9.17, 15) is 5.11 Å². The van der Waals surface area contributed by atoms with E-state index in [2.05, 4.69) is 22.0 Å². The summed E-state index contributed by atoms with van der Waals surface area (Å²) in [6.45, 7) is 1.21. The van der Waals surface area contributed by atoms with Crippen molar-refractivity contribution in [2.24, 2.45) is 0 Å². The molecule has 0 radical (unpaired) electrons. The van der Waals surface area contributed by atoms with Crippen LogP contribution in [0.15, 0.2) is 36.5 Å². The summed E-state index contributed by atoms with van der Waals surface area (Å²) in [5, 5.41) is 11.8. The molecule has 1 fully saturated rings. The number of benzene rings is 1. The number of aromatic nitrogens is 1. The summed E-state index contributed by atoms with van der Waals surface area (Å²) >= 11 is 0. The van der Waals surface area contributed by atoms with Gasteiger partial charge in [-0.05, 0) is 24.3 Å². The number of aliphatic hydroxyl groups is 1. The van der Waals surface area contributed by atoms with E-state index in [0.29, 0.717) is 0 Å². The highest BCUT2D eigenvalue weighted by Gasteiger charge is 2.25. The molecule has 2 heterocycles. The number of pyridine rings is 1. The minimum atomic E-state index is 0.213. The quantitative estimate of drug-likeness (QED) is 0.856. The smallest absolute Gasteiger partial charge is 0.136 e. The minimum absolute atomic E-state index is 0.213. The Morgan fingerprint density at radius 3 is 3.06 bits per heavy atom. The molecule has 1 unspecified atom stereocenters. The Kier molecular flexibility index (Phi) is 2.69. The molecule has 17 heavy (non-hydrogen) atoms. The highest BCUT2D eigenvalue weighted by atomic mass is 16.3. The Morgan fingerprint density at radius 2 is 2.18 bits per heavy atom. The van der Waals surface area contributed by atoms with Gasteiger partial charge in [0.1, 0.15) is 5.82 Å². The number of aliphatic hydroxyl groups excluding tert-OH is 1. The molecule has 0 amide bonds. The van der Waals surface area contributed by atoms with Crippen molar-refractivity contribution in [1.82, 2.24) is 4.98 Å². The van der Waals surface area contributed by atoms with Gasteiger partial charge >= 0.3 is 0 Å². The van der Waals surface area contributed by atoms with Crippen LogP contribution in [0.4, 0.5) is 5.82 Å². The first-order chi connectivity index (χ1) is 8.40. The van der Waals surface area contributed by atoms with E-state index in [1.807, 2.05) is 24.4 Å². The maximum atomic E-state index is 9.40. The van der Waals surface area contributed by atoms with Gasteiger partial charge in [-0.25, -0.2) is 4.98 Å². The monoisotopic (exact) mass is 228 g/mol. The zero-order chi connectivity index (χ0) is 11.7. The summed E-state index contributed by atoms with van der Waals surface area (Å²) in [5.74, 6) is 1.01. The van der Waals surface area contributed by atoms with Gasteiger partial charge in [-0.1, -0.05) is 24.3 Å². The second kappa shape index (κ2) is 4.34. The molecule has 2 aromatic rings. The van der Waals surface area contributed by atoms with Gasteiger partial charge in [0.15, 0.2) is 0 Å². The molecule has 0 spiro atoms. The fourth-order valence-corrected chi connectivity index (χ4v) is 2.64. The molecular formula is C14H16N2O. The van der Waals surface area contributed by atoms with Crippen LogP contribution in [0.3, 0.4) is 0 Å². The number of hydrogen-bond donors (Lipinski definition) is 1. The lowest BCUT2D eigenvalue weighted by molar-refractivity contribution is 0.266. The summed E-state index contributed by atoms with van der Waals surface area (Å²) in [6, 6.07) is 10.5. The van der Waals surface area contributed by atoms with E-state index < -0.39 is 0 Å². The molecular weight excluding hydrogens is 212 g/mol. The van der Waals surface area contributed by atoms with Gasteiger partial charge in [0.05, 0.1) is 12.6 Å². The zero-order valence-corrected chi connectivity index (χ0v) is 9.71. The number of anilines is 1. The molecule has 1 aromatic heterocycles. The van der Waals surface area contributed by atoms with Gasteiger partial charge in [0.2, 0.25) is 0 Å². The van der Waals surface area contributed by atoms with Crippen LogP contribution in [-0.2, 0) is 0 Å². The van der Waals surface area contributed by atoms with Crippen LogP contribution in [0.5, 0.6) is 0 Å². The van der Waals surface area contributed by atoms with Crippen LogP contribution < -0.4 is 4.90 Å². The van der Waals surface area contributed by atoms with Crippen molar-refractivity contribution in [3.8, 4) is 0 Å². The van der Waals surface area contributed by atoms with Crippen LogP contribution in [0.25, 0.3) is 10.8 Å². The van der Waals surface area contributed by atoms with Crippen LogP contribution in [0, 0.1) is 0 Å². The average molecular weight is 228 g/mol. The Bertz CT molecular complexity index is 521. The third-order valence-electron chi connectivity index (χ3n) is 3.51. The first kappa shape index (κ1) is 10.5. The number of rotatable bonds is 2. The van der Waals surface area contributed by atoms with Crippen molar-refractivity contribution in [1.29, 1.82) is 0 Å². The molecule has 1 aliphatic heterocycles. The lowest BCUT2D eigenvalue weighted by atomic mass is 10.1. The standard InChI is InChI=1S/C14H16N2O/c17-10-12-5-3-9-16(12)14-13-6-2-1-4-11(13)7-8-15-14/h1-2,4,6-8,12,17H,3,5,9-10H2. The predicted molar refractivity (Wildman–Crippen MR) is 69.2 cm³/mol. The maximum absolute atomic E-state index is 9.40. The molecule has 3 rings (SSSR count). The van der Waals surface area contributed by atoms with Crippen LogP contribution >= 0.6 is 0 Å². The van der Waals surface area contributed by atoms with Gasteiger partial charge in [-0.3, -0.25) is 0 Å². The summed E-state index contributed by atoms with van der Waals surface area (Å²) in [7, 11) is 0. The first-order valence-electron chi connectivity index (χ1n) is 6.11. The molecule has 0 saturated carbocycles. The minimum Gasteiger partial charge on any atom is -0.394 e. The fraction of sp³-hybridized carbons (Fsp3) is 0.357. The van der Waals surface area contributed by atoms with Crippen molar-refractivity contribution in [3.63, 3.8) is 0 Å². The third-order valence-corrected chi connectivity index (χ3v) is 3.51. The van der Waals surface area contributed by atoms with E-state index in [4.69, 9.17) is 0 Å². The zero-order valence-electron chi connectivity index (χ0n) is 9.71. The van der Waals surface area contributed by atoms with Gasteiger partial charge in [-0.2, -0.15) is 0 Å². The molecule has 88 valence electrons. The van der Waals surface area contributed by atoms with E-state index in [1.165, 1.54) is 10.8 Å². The van der Waals surface area contributed by atoms with E-state index in [0.717, 1.165) is 25.2 Å². The normalized spacial score (nSPS) is 20.1. The molecule has 3 nitrogen and oxygen atoms in total. The molecule has 3 heteroatoms. The van der Waals surface area contributed by atoms with Crippen LogP contribution in [0.2, 0.25) is 0 Å². The molecule has 1 saturated heterocycles. The van der Waals surface area contributed by atoms with Gasteiger partial charge in [0, 0.05) is 18.1 Å². The predicted octanol–water partition coefficient (Wildman–Crippen LogP) is 2.20. The fourth-order valence-electron chi connectivity index (χ4n) is 2.64. The van der Waals surface area contributed by atoms with Gasteiger partial charge < -0.3 is 10.0 Å². The Morgan fingerprint density at radius 1 is 1.29 bits per heavy atom. The van der Waals surface area contributed by atoms with Crippen LogP contribution in [0.1, 0.15) is 12.8 Å². The largest absolute Gasteiger partial charge is 0.394 e. The number of hydrogen-bond acceptors (Lipinski definition) is 3. The lowest BCUT2D eigenvalue weighted by Crippen LogP contribution is -2.32. The highest BCUT2D eigenvalue weighted by Crippen LogP contribution is 2.29. The topological polar surface area (TPSA) is 36.4 Å². The van der Waals surface area contributed by atoms with E-state index in [-0.39, 0.29) is 12.6 Å². The lowest BCUT2D eigenvalue weighted by Gasteiger charge is -2.25. The summed E-state index contributed by atoms with van der Waals surface area (Å²) < 4.78 is 0. The van der Waals surface area contributed by atoms with Gasteiger partial charge in [0.25, 0.3) is 0 Å². The van der Waals surface area contributed by atoms with Crippen molar-refractivity contribution < 1.29 is 5.11 Å².